The molecule has 1 aliphatic rings. The highest BCUT2D eigenvalue weighted by molar-refractivity contribution is 5.94. The third kappa shape index (κ3) is 3.64. The van der Waals surface area contributed by atoms with Crippen molar-refractivity contribution in [1.82, 2.24) is 24.8 Å². The topological polar surface area (TPSA) is 71.8 Å². The minimum absolute atomic E-state index is 0.122. The van der Waals surface area contributed by atoms with Crippen molar-refractivity contribution in [3.63, 3.8) is 0 Å². The zero-order valence-electron chi connectivity index (χ0n) is 15.6. The molecule has 1 aromatic carbocycles. The maximum Gasteiger partial charge on any atom is 0.253 e. The SMILES string of the molecule is COc1cccc(CNC(=O)c2ccc3nnc([C@@H]4CCN(C)C4)n3c2)c1. The van der Waals surface area contributed by atoms with Crippen molar-refractivity contribution in [1.29, 1.82) is 0 Å². The number of methoxy groups -OCH3 is 1. The molecule has 3 heterocycles. The number of carbonyl (C=O) groups is 1. The highest BCUT2D eigenvalue weighted by Crippen LogP contribution is 2.25. The van der Waals surface area contributed by atoms with E-state index >= 15 is 0 Å². The lowest BCUT2D eigenvalue weighted by molar-refractivity contribution is 0.0950. The molecule has 0 radical (unpaired) electrons. The van der Waals surface area contributed by atoms with Crippen LogP contribution < -0.4 is 10.1 Å². The van der Waals surface area contributed by atoms with Gasteiger partial charge in [-0.15, -0.1) is 10.2 Å². The summed E-state index contributed by atoms with van der Waals surface area (Å²) in [5, 5.41) is 11.6. The summed E-state index contributed by atoms with van der Waals surface area (Å²) in [7, 11) is 3.74. The Bertz CT molecular complexity index is 968. The maximum atomic E-state index is 12.6. The van der Waals surface area contributed by atoms with Crippen molar-refractivity contribution >= 4 is 11.6 Å². The van der Waals surface area contributed by atoms with Crippen LogP contribution in [0.15, 0.2) is 42.6 Å². The molecular weight excluding hydrogens is 342 g/mol. The summed E-state index contributed by atoms with van der Waals surface area (Å²) >= 11 is 0. The summed E-state index contributed by atoms with van der Waals surface area (Å²) in [6.07, 6.45) is 2.90. The molecule has 4 rings (SSSR count). The van der Waals surface area contributed by atoms with E-state index in [-0.39, 0.29) is 5.91 Å². The molecule has 0 spiro atoms. The first-order valence-electron chi connectivity index (χ1n) is 9.08. The third-order valence-corrected chi connectivity index (χ3v) is 5.03. The van der Waals surface area contributed by atoms with Crippen LogP contribution in [0.4, 0.5) is 0 Å². The lowest BCUT2D eigenvalue weighted by Crippen LogP contribution is -2.23. The lowest BCUT2D eigenvalue weighted by Gasteiger charge is -2.10. The summed E-state index contributed by atoms with van der Waals surface area (Å²) < 4.78 is 7.17. The van der Waals surface area contributed by atoms with E-state index in [1.54, 1.807) is 13.2 Å². The number of amides is 1. The fourth-order valence-electron chi connectivity index (χ4n) is 3.53. The molecule has 3 aromatic rings. The number of likely N-dealkylation sites (N-methyl/N-ethyl adjacent to an activating group) is 1. The minimum atomic E-state index is -0.122. The van der Waals surface area contributed by atoms with E-state index in [2.05, 4.69) is 27.5 Å². The van der Waals surface area contributed by atoms with E-state index < -0.39 is 0 Å². The highest BCUT2D eigenvalue weighted by Gasteiger charge is 2.25. The fourth-order valence-corrected chi connectivity index (χ4v) is 3.53. The molecule has 140 valence electrons. The largest absolute Gasteiger partial charge is 0.497 e. The van der Waals surface area contributed by atoms with Gasteiger partial charge < -0.3 is 15.0 Å². The number of aromatic nitrogens is 3. The van der Waals surface area contributed by atoms with Crippen LogP contribution >= 0.6 is 0 Å². The van der Waals surface area contributed by atoms with E-state index in [0.717, 1.165) is 42.3 Å². The van der Waals surface area contributed by atoms with Crippen molar-refractivity contribution in [3.05, 3.63) is 59.5 Å². The van der Waals surface area contributed by atoms with Crippen LogP contribution in [0, 0.1) is 0 Å². The van der Waals surface area contributed by atoms with E-state index in [4.69, 9.17) is 4.74 Å². The van der Waals surface area contributed by atoms with Crippen molar-refractivity contribution in [2.75, 3.05) is 27.2 Å². The molecule has 0 saturated carbocycles. The summed E-state index contributed by atoms with van der Waals surface area (Å²) in [4.78, 5) is 14.9. The summed E-state index contributed by atoms with van der Waals surface area (Å²) in [6, 6.07) is 11.3. The van der Waals surface area contributed by atoms with Crippen LogP contribution in [0.1, 0.15) is 34.1 Å². The Labute approximate surface area is 158 Å². The number of nitrogens with zero attached hydrogens (tertiary/aromatic N) is 4. The molecule has 0 aliphatic carbocycles. The summed E-state index contributed by atoms with van der Waals surface area (Å²) in [6.45, 7) is 2.46. The fraction of sp³-hybridized carbons (Fsp3) is 0.350. The minimum Gasteiger partial charge on any atom is -0.497 e. The maximum absolute atomic E-state index is 12.6. The zero-order valence-corrected chi connectivity index (χ0v) is 15.6. The lowest BCUT2D eigenvalue weighted by atomic mass is 10.1. The van der Waals surface area contributed by atoms with Gasteiger partial charge in [-0.1, -0.05) is 12.1 Å². The van der Waals surface area contributed by atoms with Gasteiger partial charge in [0.25, 0.3) is 5.91 Å². The van der Waals surface area contributed by atoms with Gasteiger partial charge in [0.1, 0.15) is 11.6 Å². The van der Waals surface area contributed by atoms with Gasteiger partial charge in [0.05, 0.1) is 12.7 Å². The van der Waals surface area contributed by atoms with E-state index in [1.807, 2.05) is 40.9 Å². The number of benzene rings is 1. The second-order valence-corrected chi connectivity index (χ2v) is 6.99. The zero-order chi connectivity index (χ0) is 18.8. The Morgan fingerprint density at radius 2 is 2.19 bits per heavy atom. The molecule has 1 N–H and O–H groups in total. The molecule has 0 unspecified atom stereocenters. The summed E-state index contributed by atoms with van der Waals surface area (Å²) in [5.41, 5.74) is 2.35. The van der Waals surface area contributed by atoms with Crippen LogP contribution in [-0.4, -0.2) is 52.7 Å². The average Bonchev–Trinajstić information content (AvgIpc) is 3.31. The van der Waals surface area contributed by atoms with Crippen LogP contribution in [0.3, 0.4) is 0 Å². The summed E-state index contributed by atoms with van der Waals surface area (Å²) in [5.74, 6) is 1.93. The Hall–Kier alpha value is -2.93. The number of hydrogen-bond donors (Lipinski definition) is 1. The molecule has 1 fully saturated rings. The number of rotatable bonds is 5. The van der Waals surface area contributed by atoms with Crippen molar-refractivity contribution in [2.45, 2.75) is 18.9 Å². The van der Waals surface area contributed by atoms with E-state index in [9.17, 15) is 4.79 Å². The standard InChI is InChI=1S/C20H23N5O2/c1-24-9-8-15(12-24)19-23-22-18-7-6-16(13-25(18)19)20(26)21-11-14-4-3-5-17(10-14)27-2/h3-7,10,13,15H,8-9,11-12H2,1-2H3,(H,21,26)/t15-/m1/s1. The van der Waals surface area contributed by atoms with Gasteiger partial charge in [0, 0.05) is 25.2 Å². The van der Waals surface area contributed by atoms with Gasteiger partial charge >= 0.3 is 0 Å². The van der Waals surface area contributed by atoms with Gasteiger partial charge in [-0.05, 0) is 49.8 Å². The van der Waals surface area contributed by atoms with Crippen LogP contribution in [0.5, 0.6) is 5.75 Å². The highest BCUT2D eigenvalue weighted by atomic mass is 16.5. The van der Waals surface area contributed by atoms with Crippen molar-refractivity contribution < 1.29 is 9.53 Å². The first-order chi connectivity index (χ1) is 13.1. The Balaban J connectivity index is 1.51. The molecule has 7 nitrogen and oxygen atoms in total. The molecule has 1 amide bonds. The van der Waals surface area contributed by atoms with E-state index in [0.29, 0.717) is 18.0 Å². The van der Waals surface area contributed by atoms with Gasteiger partial charge in [0.15, 0.2) is 5.65 Å². The quantitative estimate of drug-likeness (QED) is 0.750. The molecule has 7 heteroatoms. The number of hydrogen-bond acceptors (Lipinski definition) is 5. The number of fused-ring (bicyclic) bond motifs is 1. The molecule has 0 bridgehead atoms. The Morgan fingerprint density at radius 3 is 2.96 bits per heavy atom. The average molecular weight is 365 g/mol. The van der Waals surface area contributed by atoms with Crippen LogP contribution in [-0.2, 0) is 6.54 Å². The van der Waals surface area contributed by atoms with Crippen molar-refractivity contribution in [2.24, 2.45) is 0 Å². The van der Waals surface area contributed by atoms with Crippen molar-refractivity contribution in [3.8, 4) is 5.75 Å². The Kier molecular flexibility index (Phi) is 4.77. The molecule has 27 heavy (non-hydrogen) atoms. The van der Waals surface area contributed by atoms with Gasteiger partial charge in [-0.25, -0.2) is 0 Å². The number of likely N-dealkylation sites (tertiary alicyclic amines) is 1. The third-order valence-electron chi connectivity index (χ3n) is 5.03. The molecule has 1 aliphatic heterocycles. The first-order valence-corrected chi connectivity index (χ1v) is 9.08. The first kappa shape index (κ1) is 17.5. The van der Waals surface area contributed by atoms with Gasteiger partial charge in [-0.2, -0.15) is 0 Å². The number of ether oxygens (including phenoxy) is 1. The second-order valence-electron chi connectivity index (χ2n) is 6.99. The number of carbonyl (C=O) groups excluding carboxylic acids is 1. The Morgan fingerprint density at radius 1 is 1.30 bits per heavy atom. The van der Waals surface area contributed by atoms with Gasteiger partial charge in [0.2, 0.25) is 0 Å². The number of nitrogens with one attached hydrogen (secondary N) is 1. The monoisotopic (exact) mass is 365 g/mol. The predicted molar refractivity (Wildman–Crippen MR) is 102 cm³/mol. The van der Waals surface area contributed by atoms with Crippen LogP contribution in [0.25, 0.3) is 5.65 Å². The second kappa shape index (κ2) is 7.36. The van der Waals surface area contributed by atoms with E-state index in [1.165, 1.54) is 0 Å². The smallest absolute Gasteiger partial charge is 0.253 e. The predicted octanol–water partition coefficient (Wildman–Crippen LogP) is 2.09. The van der Waals surface area contributed by atoms with Crippen LogP contribution in [0.2, 0.25) is 0 Å². The number of pyridine rings is 1. The molecule has 2 aromatic heterocycles. The molecule has 1 saturated heterocycles. The normalized spacial score (nSPS) is 17.3. The van der Waals surface area contributed by atoms with Gasteiger partial charge in [-0.3, -0.25) is 9.20 Å². The molecule has 1 atom stereocenters. The molecular formula is C20H23N5O2.